The summed E-state index contributed by atoms with van der Waals surface area (Å²) in [6.45, 7) is 0.730. The van der Waals surface area contributed by atoms with Crippen molar-refractivity contribution in [3.63, 3.8) is 0 Å². The Morgan fingerprint density at radius 1 is 1.00 bits per heavy atom. The van der Waals surface area contributed by atoms with Crippen molar-refractivity contribution in [3.8, 4) is 23.0 Å². The SMILES string of the molecule is COc1ccccc1-c1cc(C(=O)NCc2ccnc(OCc3ccccc3)c2)no1. The van der Waals surface area contributed by atoms with Crippen molar-refractivity contribution in [2.75, 3.05) is 7.11 Å². The van der Waals surface area contributed by atoms with Gasteiger partial charge in [0.15, 0.2) is 11.5 Å². The zero-order chi connectivity index (χ0) is 21.5. The number of nitrogens with one attached hydrogen (secondary N) is 1. The van der Waals surface area contributed by atoms with E-state index in [0.29, 0.717) is 30.5 Å². The van der Waals surface area contributed by atoms with Crippen molar-refractivity contribution in [3.05, 3.63) is 95.8 Å². The van der Waals surface area contributed by atoms with Gasteiger partial charge in [-0.2, -0.15) is 0 Å². The molecule has 156 valence electrons. The Labute approximate surface area is 179 Å². The van der Waals surface area contributed by atoms with Crippen LogP contribution in [-0.2, 0) is 13.2 Å². The number of ether oxygens (including phenoxy) is 2. The maximum atomic E-state index is 12.5. The van der Waals surface area contributed by atoms with Gasteiger partial charge in [0, 0.05) is 24.9 Å². The van der Waals surface area contributed by atoms with Gasteiger partial charge in [-0.3, -0.25) is 4.79 Å². The van der Waals surface area contributed by atoms with Crippen molar-refractivity contribution >= 4 is 5.91 Å². The van der Waals surface area contributed by atoms with Crippen molar-refractivity contribution in [2.45, 2.75) is 13.2 Å². The molecule has 0 aliphatic heterocycles. The molecule has 1 amide bonds. The van der Waals surface area contributed by atoms with Crippen LogP contribution in [0.25, 0.3) is 11.3 Å². The molecule has 0 aliphatic carbocycles. The molecule has 0 aliphatic rings. The minimum atomic E-state index is -0.339. The van der Waals surface area contributed by atoms with Gasteiger partial charge in [-0.15, -0.1) is 0 Å². The number of methoxy groups -OCH3 is 1. The normalized spacial score (nSPS) is 10.5. The van der Waals surface area contributed by atoms with Crippen molar-refractivity contribution in [1.29, 1.82) is 0 Å². The van der Waals surface area contributed by atoms with E-state index in [4.69, 9.17) is 14.0 Å². The van der Waals surface area contributed by atoms with Crippen LogP contribution in [0.15, 0.2) is 83.5 Å². The van der Waals surface area contributed by atoms with Gasteiger partial charge in [0.2, 0.25) is 5.88 Å². The van der Waals surface area contributed by atoms with E-state index in [2.05, 4.69) is 15.5 Å². The third kappa shape index (κ3) is 5.08. The summed E-state index contributed by atoms with van der Waals surface area (Å²) >= 11 is 0. The summed E-state index contributed by atoms with van der Waals surface area (Å²) in [5.74, 6) is 1.26. The van der Waals surface area contributed by atoms with Crippen molar-refractivity contribution < 1.29 is 18.8 Å². The Morgan fingerprint density at radius 3 is 2.65 bits per heavy atom. The molecule has 0 saturated heterocycles. The zero-order valence-corrected chi connectivity index (χ0v) is 16.9. The third-order valence-corrected chi connectivity index (χ3v) is 4.60. The van der Waals surface area contributed by atoms with Crippen molar-refractivity contribution in [1.82, 2.24) is 15.5 Å². The molecule has 2 heterocycles. The van der Waals surface area contributed by atoms with Gasteiger partial charge in [-0.1, -0.05) is 47.6 Å². The Balaban J connectivity index is 1.36. The van der Waals surface area contributed by atoms with E-state index >= 15 is 0 Å². The monoisotopic (exact) mass is 415 g/mol. The number of carbonyl (C=O) groups excluding carboxylic acids is 1. The second-order valence-electron chi connectivity index (χ2n) is 6.74. The fourth-order valence-corrected chi connectivity index (χ4v) is 3.00. The Morgan fingerprint density at radius 2 is 1.81 bits per heavy atom. The largest absolute Gasteiger partial charge is 0.496 e. The molecule has 0 fully saturated rings. The number of pyridine rings is 1. The molecule has 0 atom stereocenters. The fourth-order valence-electron chi connectivity index (χ4n) is 3.00. The molecule has 0 spiro atoms. The number of aromatic nitrogens is 2. The van der Waals surface area contributed by atoms with Gasteiger partial charge in [0.1, 0.15) is 12.4 Å². The van der Waals surface area contributed by atoms with Crippen LogP contribution in [0.1, 0.15) is 21.6 Å². The van der Waals surface area contributed by atoms with E-state index < -0.39 is 0 Å². The molecule has 1 N–H and O–H groups in total. The number of para-hydroxylation sites is 1. The highest BCUT2D eigenvalue weighted by molar-refractivity contribution is 5.93. The number of nitrogens with zero attached hydrogens (tertiary/aromatic N) is 2. The first-order valence-corrected chi connectivity index (χ1v) is 9.73. The van der Waals surface area contributed by atoms with Crippen LogP contribution in [0.4, 0.5) is 0 Å². The molecule has 0 bridgehead atoms. The maximum Gasteiger partial charge on any atom is 0.273 e. The van der Waals surface area contributed by atoms with Crippen LogP contribution in [0, 0.1) is 0 Å². The third-order valence-electron chi connectivity index (χ3n) is 4.60. The highest BCUT2D eigenvalue weighted by atomic mass is 16.5. The molecule has 4 aromatic rings. The predicted octanol–water partition coefficient (Wildman–Crippen LogP) is 4.25. The predicted molar refractivity (Wildman–Crippen MR) is 115 cm³/mol. The molecule has 0 radical (unpaired) electrons. The molecular formula is C24H21N3O4. The molecule has 2 aromatic heterocycles. The first-order chi connectivity index (χ1) is 15.2. The number of rotatable bonds is 8. The summed E-state index contributed by atoms with van der Waals surface area (Å²) < 4.78 is 16.4. The second-order valence-corrected chi connectivity index (χ2v) is 6.74. The number of hydrogen-bond acceptors (Lipinski definition) is 6. The quantitative estimate of drug-likeness (QED) is 0.463. The summed E-state index contributed by atoms with van der Waals surface area (Å²) in [5.41, 5.74) is 2.83. The zero-order valence-electron chi connectivity index (χ0n) is 16.9. The van der Waals surface area contributed by atoms with Gasteiger partial charge in [-0.05, 0) is 29.3 Å². The van der Waals surface area contributed by atoms with Crippen LogP contribution in [0.3, 0.4) is 0 Å². The lowest BCUT2D eigenvalue weighted by atomic mass is 10.1. The van der Waals surface area contributed by atoms with Crippen LogP contribution in [-0.4, -0.2) is 23.2 Å². The molecule has 31 heavy (non-hydrogen) atoms. The first-order valence-electron chi connectivity index (χ1n) is 9.73. The van der Waals surface area contributed by atoms with E-state index in [1.807, 2.05) is 60.7 Å². The Kier molecular flexibility index (Phi) is 6.23. The van der Waals surface area contributed by atoms with E-state index in [-0.39, 0.29) is 11.6 Å². The standard InChI is InChI=1S/C24H21N3O4/c1-29-21-10-6-5-9-19(21)22-14-20(27-31-22)24(28)26-15-18-11-12-25-23(13-18)30-16-17-7-3-2-4-8-17/h2-14H,15-16H2,1H3,(H,26,28). The number of hydrogen-bond donors (Lipinski definition) is 1. The second kappa shape index (κ2) is 9.58. The topological polar surface area (TPSA) is 86.5 Å². The molecule has 2 aromatic carbocycles. The summed E-state index contributed by atoms with van der Waals surface area (Å²) in [6.07, 6.45) is 1.65. The lowest BCUT2D eigenvalue weighted by Crippen LogP contribution is -2.23. The van der Waals surface area contributed by atoms with Crippen LogP contribution in [0.2, 0.25) is 0 Å². The number of amides is 1. The molecule has 4 rings (SSSR count). The summed E-state index contributed by atoms with van der Waals surface area (Å²) in [7, 11) is 1.58. The smallest absolute Gasteiger partial charge is 0.273 e. The maximum absolute atomic E-state index is 12.5. The van der Waals surface area contributed by atoms with Gasteiger partial charge >= 0.3 is 0 Å². The summed E-state index contributed by atoms with van der Waals surface area (Å²) in [4.78, 5) is 16.7. The summed E-state index contributed by atoms with van der Waals surface area (Å²) in [6, 6.07) is 22.4. The lowest BCUT2D eigenvalue weighted by molar-refractivity contribution is 0.0942. The highest BCUT2D eigenvalue weighted by Gasteiger charge is 2.16. The van der Waals surface area contributed by atoms with Gasteiger partial charge in [0.05, 0.1) is 12.7 Å². The molecule has 7 heteroatoms. The average Bonchev–Trinajstić information content (AvgIpc) is 3.32. The van der Waals surface area contributed by atoms with Crippen LogP contribution < -0.4 is 14.8 Å². The lowest BCUT2D eigenvalue weighted by Gasteiger charge is -2.08. The van der Waals surface area contributed by atoms with Gasteiger partial charge in [-0.25, -0.2) is 4.98 Å². The first kappa shape index (κ1) is 20.2. The van der Waals surface area contributed by atoms with E-state index in [1.54, 1.807) is 25.4 Å². The molecular weight excluding hydrogens is 394 g/mol. The molecule has 0 saturated carbocycles. The number of carbonyl (C=O) groups is 1. The van der Waals surface area contributed by atoms with Crippen LogP contribution >= 0.6 is 0 Å². The van der Waals surface area contributed by atoms with Gasteiger partial charge in [0.25, 0.3) is 5.91 Å². The molecule has 7 nitrogen and oxygen atoms in total. The Hall–Kier alpha value is -4.13. The summed E-state index contributed by atoms with van der Waals surface area (Å²) in [5, 5.41) is 6.71. The van der Waals surface area contributed by atoms with Gasteiger partial charge < -0.3 is 19.3 Å². The number of benzene rings is 2. The van der Waals surface area contributed by atoms with Crippen LogP contribution in [0.5, 0.6) is 11.6 Å². The van der Waals surface area contributed by atoms with Crippen molar-refractivity contribution in [2.24, 2.45) is 0 Å². The van der Waals surface area contributed by atoms with E-state index in [9.17, 15) is 4.79 Å². The highest BCUT2D eigenvalue weighted by Crippen LogP contribution is 2.29. The average molecular weight is 415 g/mol. The minimum Gasteiger partial charge on any atom is -0.496 e. The molecule has 0 unspecified atom stereocenters. The minimum absolute atomic E-state index is 0.190. The van der Waals surface area contributed by atoms with E-state index in [0.717, 1.165) is 16.7 Å². The Bertz CT molecular complexity index is 1160. The van der Waals surface area contributed by atoms with E-state index in [1.165, 1.54) is 0 Å². The fraction of sp³-hybridized carbons (Fsp3) is 0.125.